The molecule has 2 aliphatic rings. The fraction of sp³-hybridized carbons (Fsp3) is 0.579. The van der Waals surface area contributed by atoms with Crippen LogP contribution in [0.4, 0.5) is 4.39 Å². The summed E-state index contributed by atoms with van der Waals surface area (Å²) in [6.45, 7) is 3.05. The highest BCUT2D eigenvalue weighted by Crippen LogP contribution is 2.32. The molecule has 3 rings (SSSR count). The normalized spacial score (nSPS) is 23.7. The van der Waals surface area contributed by atoms with Gasteiger partial charge in [-0.25, -0.2) is 12.8 Å². The largest absolute Gasteiger partial charge is 0.343 e. The number of benzene rings is 1. The minimum absolute atomic E-state index is 0.00879. The number of carbonyl (C=O) groups excluding carboxylic acids is 2. The molecule has 6 nitrogen and oxygen atoms in total. The average Bonchev–Trinajstić information content (AvgIpc) is 2.80. The van der Waals surface area contributed by atoms with Crippen molar-refractivity contribution >= 4 is 21.7 Å². The molecule has 8 heteroatoms. The minimum Gasteiger partial charge on any atom is -0.343 e. The third kappa shape index (κ3) is 4.31. The molecule has 1 aromatic carbocycles. The molecular weight excluding hydrogens is 371 g/mol. The van der Waals surface area contributed by atoms with Gasteiger partial charge in [0.15, 0.2) is 9.84 Å². The second-order valence-electron chi connectivity index (χ2n) is 7.27. The summed E-state index contributed by atoms with van der Waals surface area (Å²) in [6, 6.07) is 5.93. The van der Waals surface area contributed by atoms with Crippen molar-refractivity contribution in [2.45, 2.75) is 31.4 Å². The molecule has 148 valence electrons. The van der Waals surface area contributed by atoms with Crippen molar-refractivity contribution in [1.82, 2.24) is 9.80 Å². The summed E-state index contributed by atoms with van der Waals surface area (Å²) in [6.07, 6.45) is 1.39. The van der Waals surface area contributed by atoms with Crippen LogP contribution in [-0.4, -0.2) is 62.0 Å². The van der Waals surface area contributed by atoms with Crippen molar-refractivity contribution in [2.24, 2.45) is 5.92 Å². The molecule has 2 amide bonds. The third-order valence-electron chi connectivity index (χ3n) is 5.59. The van der Waals surface area contributed by atoms with Crippen LogP contribution in [0.1, 0.15) is 37.0 Å². The second kappa shape index (κ2) is 7.96. The Morgan fingerprint density at radius 3 is 2.26 bits per heavy atom. The van der Waals surface area contributed by atoms with E-state index >= 15 is 0 Å². The fourth-order valence-electron chi connectivity index (χ4n) is 3.95. The topological polar surface area (TPSA) is 74.8 Å². The van der Waals surface area contributed by atoms with Gasteiger partial charge in [-0.15, -0.1) is 0 Å². The van der Waals surface area contributed by atoms with Crippen molar-refractivity contribution in [1.29, 1.82) is 0 Å². The molecule has 2 saturated heterocycles. The number of sulfone groups is 1. The van der Waals surface area contributed by atoms with Gasteiger partial charge in [0.05, 0.1) is 11.0 Å². The van der Waals surface area contributed by atoms with Crippen molar-refractivity contribution in [3.05, 3.63) is 35.6 Å². The molecular formula is C19H25FN2O4S. The van der Waals surface area contributed by atoms with Crippen LogP contribution in [0.15, 0.2) is 24.3 Å². The Bertz CT molecular complexity index is 819. The summed E-state index contributed by atoms with van der Waals surface area (Å²) < 4.78 is 39.5. The Morgan fingerprint density at radius 2 is 1.63 bits per heavy atom. The molecule has 0 radical (unpaired) electrons. The van der Waals surface area contributed by atoms with Crippen LogP contribution in [0, 0.1) is 11.7 Å². The van der Waals surface area contributed by atoms with Crippen LogP contribution in [0.2, 0.25) is 0 Å². The van der Waals surface area contributed by atoms with Crippen molar-refractivity contribution in [3.8, 4) is 0 Å². The van der Waals surface area contributed by atoms with Crippen LogP contribution < -0.4 is 0 Å². The lowest BCUT2D eigenvalue weighted by atomic mass is 9.95. The molecule has 1 unspecified atom stereocenters. The van der Waals surface area contributed by atoms with Gasteiger partial charge >= 0.3 is 0 Å². The zero-order valence-electron chi connectivity index (χ0n) is 15.4. The van der Waals surface area contributed by atoms with Crippen LogP contribution in [0.25, 0.3) is 0 Å². The van der Waals surface area contributed by atoms with E-state index < -0.39 is 20.9 Å². The van der Waals surface area contributed by atoms with Crippen LogP contribution in [0.5, 0.6) is 0 Å². The highest BCUT2D eigenvalue weighted by atomic mass is 32.2. The number of piperidine rings is 1. The minimum atomic E-state index is -3.54. The summed E-state index contributed by atoms with van der Waals surface area (Å²) in [5, 5.41) is -0.920. The van der Waals surface area contributed by atoms with E-state index in [0.29, 0.717) is 32.5 Å². The Balaban J connectivity index is 1.69. The number of rotatable bonds is 2. The lowest BCUT2D eigenvalue weighted by Gasteiger charge is -2.33. The van der Waals surface area contributed by atoms with Gasteiger partial charge in [0, 0.05) is 44.6 Å². The summed E-state index contributed by atoms with van der Waals surface area (Å²) in [5.74, 6) is -0.919. The standard InChI is InChI=1S/C19H25FN2O4S/c1-14(23)21-9-6-15(7-10-21)19(24)22-11-8-18(27(25,26)13-12-22)16-4-2-3-5-17(16)20/h2-5,15,18H,6-13H2,1H3. The lowest BCUT2D eigenvalue weighted by Crippen LogP contribution is -2.44. The number of amides is 2. The zero-order chi connectivity index (χ0) is 19.6. The van der Waals surface area contributed by atoms with Crippen LogP contribution >= 0.6 is 0 Å². The third-order valence-corrected chi connectivity index (χ3v) is 7.70. The Kier molecular flexibility index (Phi) is 5.83. The molecule has 1 aromatic rings. The molecule has 1 atom stereocenters. The van der Waals surface area contributed by atoms with E-state index in [1.165, 1.54) is 25.1 Å². The predicted molar refractivity (Wildman–Crippen MR) is 99.1 cm³/mol. The van der Waals surface area contributed by atoms with E-state index in [1.807, 2.05) is 0 Å². The first-order valence-electron chi connectivity index (χ1n) is 9.30. The first-order valence-corrected chi connectivity index (χ1v) is 11.0. The Hall–Kier alpha value is -1.96. The SMILES string of the molecule is CC(=O)N1CCC(C(=O)N2CCC(c3ccccc3F)S(=O)(=O)CC2)CC1. The van der Waals surface area contributed by atoms with E-state index in [1.54, 1.807) is 15.9 Å². The Morgan fingerprint density at radius 1 is 1.00 bits per heavy atom. The van der Waals surface area contributed by atoms with Gasteiger partial charge < -0.3 is 9.80 Å². The van der Waals surface area contributed by atoms with Gasteiger partial charge in [-0.1, -0.05) is 18.2 Å². The van der Waals surface area contributed by atoms with E-state index in [9.17, 15) is 22.4 Å². The smallest absolute Gasteiger partial charge is 0.225 e. The first kappa shape index (κ1) is 19.8. The van der Waals surface area contributed by atoms with Gasteiger partial charge in [-0.2, -0.15) is 0 Å². The average molecular weight is 396 g/mol. The number of hydrogen-bond donors (Lipinski definition) is 0. The molecule has 0 aliphatic carbocycles. The molecule has 2 fully saturated rings. The fourth-order valence-corrected chi connectivity index (χ4v) is 5.75. The van der Waals surface area contributed by atoms with Crippen molar-refractivity contribution in [3.63, 3.8) is 0 Å². The van der Waals surface area contributed by atoms with Crippen molar-refractivity contribution < 1.29 is 22.4 Å². The molecule has 27 heavy (non-hydrogen) atoms. The number of hydrogen-bond acceptors (Lipinski definition) is 4. The molecule has 0 aromatic heterocycles. The second-order valence-corrected chi connectivity index (χ2v) is 9.57. The molecule has 0 saturated carbocycles. The highest BCUT2D eigenvalue weighted by molar-refractivity contribution is 7.91. The zero-order valence-corrected chi connectivity index (χ0v) is 16.3. The number of nitrogens with zero attached hydrogens (tertiary/aromatic N) is 2. The van der Waals surface area contributed by atoms with Crippen molar-refractivity contribution in [2.75, 3.05) is 31.9 Å². The van der Waals surface area contributed by atoms with Gasteiger partial charge in [0.25, 0.3) is 0 Å². The van der Waals surface area contributed by atoms with E-state index in [4.69, 9.17) is 0 Å². The molecule has 0 N–H and O–H groups in total. The summed E-state index contributed by atoms with van der Waals surface area (Å²) >= 11 is 0. The summed E-state index contributed by atoms with van der Waals surface area (Å²) in [5.41, 5.74) is 0.182. The number of likely N-dealkylation sites (tertiary alicyclic amines) is 1. The maximum atomic E-state index is 14.1. The van der Waals surface area contributed by atoms with E-state index in [2.05, 4.69) is 0 Å². The van der Waals surface area contributed by atoms with Crippen LogP contribution in [-0.2, 0) is 19.4 Å². The Labute approximate surface area is 159 Å². The number of carbonyl (C=O) groups is 2. The predicted octanol–water partition coefficient (Wildman–Crippen LogP) is 1.77. The lowest BCUT2D eigenvalue weighted by molar-refractivity contribution is -0.139. The van der Waals surface area contributed by atoms with E-state index in [-0.39, 0.29) is 42.0 Å². The van der Waals surface area contributed by atoms with Gasteiger partial charge in [0.1, 0.15) is 5.82 Å². The monoisotopic (exact) mass is 396 g/mol. The summed E-state index contributed by atoms with van der Waals surface area (Å²) in [4.78, 5) is 27.6. The maximum absolute atomic E-state index is 14.1. The molecule has 2 heterocycles. The quantitative estimate of drug-likeness (QED) is 0.764. The molecule has 0 bridgehead atoms. The molecule has 0 spiro atoms. The van der Waals surface area contributed by atoms with Crippen LogP contribution in [0.3, 0.4) is 0 Å². The van der Waals surface area contributed by atoms with E-state index in [0.717, 1.165) is 0 Å². The van der Waals surface area contributed by atoms with Gasteiger partial charge in [-0.3, -0.25) is 9.59 Å². The van der Waals surface area contributed by atoms with Gasteiger partial charge in [-0.05, 0) is 25.3 Å². The maximum Gasteiger partial charge on any atom is 0.225 e. The highest BCUT2D eigenvalue weighted by Gasteiger charge is 2.36. The molecule has 2 aliphatic heterocycles. The first-order chi connectivity index (χ1) is 12.8. The van der Waals surface area contributed by atoms with Gasteiger partial charge in [0.2, 0.25) is 11.8 Å². The number of halogens is 1. The summed E-state index contributed by atoms with van der Waals surface area (Å²) in [7, 11) is -3.54.